The van der Waals surface area contributed by atoms with Gasteiger partial charge in [-0.1, -0.05) is 6.92 Å². The van der Waals surface area contributed by atoms with Gasteiger partial charge in [-0.3, -0.25) is 4.90 Å². The van der Waals surface area contributed by atoms with Crippen molar-refractivity contribution in [3.63, 3.8) is 0 Å². The number of aryl methyl sites for hydroxylation is 1. The fourth-order valence-corrected chi connectivity index (χ4v) is 3.37. The van der Waals surface area contributed by atoms with E-state index in [0.29, 0.717) is 6.04 Å². The third-order valence-corrected chi connectivity index (χ3v) is 4.78. The van der Waals surface area contributed by atoms with Crippen LogP contribution >= 0.6 is 11.3 Å². The van der Waals surface area contributed by atoms with Crippen LogP contribution in [0.1, 0.15) is 36.3 Å². The Morgan fingerprint density at radius 2 is 2.33 bits per heavy atom. The van der Waals surface area contributed by atoms with Gasteiger partial charge in [0.25, 0.3) is 0 Å². The number of hydrogen-bond donors (Lipinski definition) is 0. The molecule has 3 nitrogen and oxygen atoms in total. The summed E-state index contributed by atoms with van der Waals surface area (Å²) in [6.07, 6.45) is 3.23. The Morgan fingerprint density at radius 3 is 3.11 bits per heavy atom. The van der Waals surface area contributed by atoms with Crippen LogP contribution in [0.4, 0.5) is 0 Å². The first-order valence-corrected chi connectivity index (χ1v) is 7.48. The number of fused-ring (bicyclic) bond motifs is 1. The van der Waals surface area contributed by atoms with Crippen LogP contribution in [-0.4, -0.2) is 21.0 Å². The van der Waals surface area contributed by atoms with Crippen LogP contribution in [0.25, 0.3) is 0 Å². The summed E-state index contributed by atoms with van der Waals surface area (Å²) in [5.74, 6) is 0. The quantitative estimate of drug-likeness (QED) is 0.846. The Hall–Kier alpha value is -1.13. The molecule has 0 radical (unpaired) electrons. The van der Waals surface area contributed by atoms with Gasteiger partial charge in [-0.15, -0.1) is 11.3 Å². The molecule has 0 N–H and O–H groups in total. The van der Waals surface area contributed by atoms with Crippen LogP contribution in [0.3, 0.4) is 0 Å². The zero-order valence-corrected chi connectivity index (χ0v) is 11.8. The van der Waals surface area contributed by atoms with E-state index in [1.54, 1.807) is 11.3 Å². The molecule has 0 fully saturated rings. The van der Waals surface area contributed by atoms with Gasteiger partial charge in [0.1, 0.15) is 0 Å². The fraction of sp³-hybridized carbons (Fsp3) is 0.500. The minimum atomic E-state index is 0.487. The summed E-state index contributed by atoms with van der Waals surface area (Å²) in [5, 5.41) is 3.46. The lowest BCUT2D eigenvalue weighted by Gasteiger charge is -2.34. The summed E-state index contributed by atoms with van der Waals surface area (Å²) in [6.45, 7) is 7.64. The first-order valence-electron chi connectivity index (χ1n) is 6.60. The van der Waals surface area contributed by atoms with Crippen LogP contribution in [0, 0.1) is 0 Å². The lowest BCUT2D eigenvalue weighted by atomic mass is 10.1. The molecular weight excluding hydrogens is 242 g/mol. The summed E-state index contributed by atoms with van der Waals surface area (Å²) in [7, 11) is 0. The molecule has 0 aliphatic carbocycles. The van der Waals surface area contributed by atoms with Crippen LogP contribution < -0.4 is 0 Å². The van der Waals surface area contributed by atoms with Gasteiger partial charge in [0.05, 0.1) is 10.7 Å². The lowest BCUT2D eigenvalue weighted by Crippen LogP contribution is -2.35. The van der Waals surface area contributed by atoms with E-state index in [0.717, 1.165) is 26.1 Å². The summed E-state index contributed by atoms with van der Waals surface area (Å²) in [6, 6.07) is 4.86. The molecule has 4 heteroatoms. The van der Waals surface area contributed by atoms with Crippen molar-refractivity contribution in [2.75, 3.05) is 6.54 Å². The number of thiazole rings is 1. The average molecular weight is 261 g/mol. The van der Waals surface area contributed by atoms with E-state index >= 15 is 0 Å². The Bertz CT molecular complexity index is 529. The van der Waals surface area contributed by atoms with E-state index in [9.17, 15) is 0 Å². The second-order valence-electron chi connectivity index (χ2n) is 4.86. The molecule has 2 aromatic heterocycles. The third-order valence-electron chi connectivity index (χ3n) is 3.74. The van der Waals surface area contributed by atoms with Gasteiger partial charge in [-0.25, -0.2) is 4.98 Å². The predicted molar refractivity (Wildman–Crippen MR) is 74.7 cm³/mol. The van der Waals surface area contributed by atoms with E-state index < -0.39 is 0 Å². The number of nitrogens with zero attached hydrogens (tertiary/aromatic N) is 3. The largest absolute Gasteiger partial charge is 0.349 e. The maximum absolute atomic E-state index is 4.67. The third kappa shape index (κ3) is 2.10. The SMILES string of the molecule is CCc1nc(CN2CCn3cccc3C2C)cs1. The number of rotatable bonds is 3. The predicted octanol–water partition coefficient (Wildman–Crippen LogP) is 3.08. The second kappa shape index (κ2) is 4.86. The van der Waals surface area contributed by atoms with Crippen molar-refractivity contribution in [1.82, 2.24) is 14.5 Å². The van der Waals surface area contributed by atoms with Crippen LogP contribution in [0.2, 0.25) is 0 Å². The monoisotopic (exact) mass is 261 g/mol. The van der Waals surface area contributed by atoms with Gasteiger partial charge < -0.3 is 4.57 Å². The molecule has 0 bridgehead atoms. The first kappa shape index (κ1) is 11.9. The molecule has 1 unspecified atom stereocenters. The Morgan fingerprint density at radius 1 is 1.44 bits per heavy atom. The highest BCUT2D eigenvalue weighted by molar-refractivity contribution is 7.09. The normalized spacial score (nSPS) is 20.0. The molecule has 0 saturated carbocycles. The summed E-state index contributed by atoms with van der Waals surface area (Å²) >= 11 is 1.78. The molecule has 0 saturated heterocycles. The second-order valence-corrected chi connectivity index (χ2v) is 5.80. The summed E-state index contributed by atoms with van der Waals surface area (Å²) in [5.41, 5.74) is 2.65. The minimum Gasteiger partial charge on any atom is -0.349 e. The molecule has 1 aliphatic heterocycles. The standard InChI is InChI=1S/C14H19N3S/c1-3-14-15-12(10-18-14)9-17-8-7-16-6-4-5-13(16)11(17)2/h4-6,10-11H,3,7-9H2,1-2H3. The van der Waals surface area contributed by atoms with Gasteiger partial charge in [0.15, 0.2) is 0 Å². The maximum Gasteiger partial charge on any atom is 0.0926 e. The highest BCUT2D eigenvalue weighted by Gasteiger charge is 2.23. The van der Waals surface area contributed by atoms with Gasteiger partial charge in [-0.2, -0.15) is 0 Å². The minimum absolute atomic E-state index is 0.487. The molecule has 2 aromatic rings. The van der Waals surface area contributed by atoms with Crippen molar-refractivity contribution in [2.45, 2.75) is 39.4 Å². The van der Waals surface area contributed by atoms with Crippen LogP contribution in [-0.2, 0) is 19.5 Å². The number of hydrogen-bond acceptors (Lipinski definition) is 3. The topological polar surface area (TPSA) is 21.1 Å². The van der Waals surface area contributed by atoms with Crippen molar-refractivity contribution in [3.8, 4) is 0 Å². The van der Waals surface area contributed by atoms with Crippen LogP contribution in [0.15, 0.2) is 23.7 Å². The average Bonchev–Trinajstić information content (AvgIpc) is 3.01. The maximum atomic E-state index is 4.67. The zero-order valence-electron chi connectivity index (χ0n) is 11.0. The number of aromatic nitrogens is 2. The fourth-order valence-electron chi connectivity index (χ4n) is 2.64. The van der Waals surface area contributed by atoms with E-state index in [-0.39, 0.29) is 0 Å². The van der Waals surface area contributed by atoms with Gasteiger partial charge in [0, 0.05) is 42.9 Å². The molecular formula is C14H19N3S. The summed E-state index contributed by atoms with van der Waals surface area (Å²) < 4.78 is 2.36. The summed E-state index contributed by atoms with van der Waals surface area (Å²) in [4.78, 5) is 7.19. The molecule has 0 spiro atoms. The van der Waals surface area contributed by atoms with E-state index in [2.05, 4.69) is 52.0 Å². The lowest BCUT2D eigenvalue weighted by molar-refractivity contribution is 0.159. The van der Waals surface area contributed by atoms with E-state index in [1.807, 2.05) is 0 Å². The molecule has 0 aromatic carbocycles. The van der Waals surface area contributed by atoms with Gasteiger partial charge >= 0.3 is 0 Å². The van der Waals surface area contributed by atoms with Gasteiger partial charge in [0.2, 0.25) is 0 Å². The van der Waals surface area contributed by atoms with Crippen molar-refractivity contribution < 1.29 is 0 Å². The zero-order chi connectivity index (χ0) is 12.5. The van der Waals surface area contributed by atoms with E-state index in [4.69, 9.17) is 0 Å². The molecule has 18 heavy (non-hydrogen) atoms. The highest BCUT2D eigenvalue weighted by Crippen LogP contribution is 2.27. The Labute approximate surface area is 112 Å². The van der Waals surface area contributed by atoms with Crippen molar-refractivity contribution in [1.29, 1.82) is 0 Å². The molecule has 3 heterocycles. The van der Waals surface area contributed by atoms with Crippen molar-refractivity contribution in [2.24, 2.45) is 0 Å². The molecule has 1 atom stereocenters. The molecule has 1 aliphatic rings. The Kier molecular flexibility index (Phi) is 3.22. The van der Waals surface area contributed by atoms with Gasteiger partial charge in [-0.05, 0) is 25.5 Å². The smallest absolute Gasteiger partial charge is 0.0926 e. The van der Waals surface area contributed by atoms with E-state index in [1.165, 1.54) is 16.4 Å². The molecule has 3 rings (SSSR count). The molecule has 0 amide bonds. The van der Waals surface area contributed by atoms with Crippen molar-refractivity contribution >= 4 is 11.3 Å². The molecule has 96 valence electrons. The first-order chi connectivity index (χ1) is 8.78. The van der Waals surface area contributed by atoms with Crippen LogP contribution in [0.5, 0.6) is 0 Å². The highest BCUT2D eigenvalue weighted by atomic mass is 32.1. The Balaban J connectivity index is 1.74. The van der Waals surface area contributed by atoms with Crippen molar-refractivity contribution in [3.05, 3.63) is 40.1 Å².